The molecule has 0 N–H and O–H groups in total. The molecule has 0 unspecified atom stereocenters. The van der Waals surface area contributed by atoms with Gasteiger partial charge in [-0.3, -0.25) is 4.90 Å². The lowest BCUT2D eigenvalue weighted by Gasteiger charge is -2.18. The van der Waals surface area contributed by atoms with E-state index < -0.39 is 9.41 Å². The van der Waals surface area contributed by atoms with E-state index in [0.29, 0.717) is 0 Å². The molecule has 0 heterocycles. The summed E-state index contributed by atoms with van der Waals surface area (Å²) in [6, 6.07) is 2.20. The van der Waals surface area contributed by atoms with E-state index in [1.165, 1.54) is 22.7 Å². The maximum Gasteiger partial charge on any atom is 0.261 e. The minimum absolute atomic E-state index is 0.572. The fourth-order valence-electron chi connectivity index (χ4n) is 1.18. The van der Waals surface area contributed by atoms with Gasteiger partial charge >= 0.3 is 0 Å². The van der Waals surface area contributed by atoms with Crippen molar-refractivity contribution < 1.29 is 4.46 Å². The number of rotatable bonds is 8. The van der Waals surface area contributed by atoms with E-state index in [1.54, 1.807) is 0 Å². The Kier molecular flexibility index (Phi) is 9.65. The van der Waals surface area contributed by atoms with Crippen molar-refractivity contribution in [3.63, 3.8) is 0 Å². The third kappa shape index (κ3) is 8.09. The van der Waals surface area contributed by atoms with Crippen molar-refractivity contribution in [2.45, 2.75) is 24.9 Å². The number of hydrogen-bond acceptors (Lipinski definition) is 2. The Bertz CT molecular complexity index is 167. The van der Waals surface area contributed by atoms with Crippen molar-refractivity contribution in [2.75, 3.05) is 19.6 Å². The highest BCUT2D eigenvalue weighted by Crippen LogP contribution is 1.97. The van der Waals surface area contributed by atoms with Crippen molar-refractivity contribution in [3.8, 4) is 12.3 Å². The second kappa shape index (κ2) is 9.84. The summed E-state index contributed by atoms with van der Waals surface area (Å²) in [5.74, 6) is 2.67. The smallest absolute Gasteiger partial charge is 0.261 e. The highest BCUT2D eigenvalue weighted by atomic mass is 28.2. The molecule has 74 valence electrons. The Morgan fingerprint density at radius 2 is 2.08 bits per heavy atom. The first-order chi connectivity index (χ1) is 6.35. The molecule has 0 aliphatic carbocycles. The SMILES string of the molecule is C#CCN(CCC[SiH3])CCC[SiH]=O. The van der Waals surface area contributed by atoms with Crippen LogP contribution in [0.1, 0.15) is 12.8 Å². The fourth-order valence-corrected chi connectivity index (χ4v) is 1.84. The zero-order chi connectivity index (χ0) is 9.94. The molecule has 0 spiro atoms. The Balaban J connectivity index is 3.54. The zero-order valence-electron chi connectivity index (χ0n) is 8.46. The van der Waals surface area contributed by atoms with E-state index >= 15 is 0 Å². The van der Waals surface area contributed by atoms with Gasteiger partial charge in [-0.05, 0) is 32.0 Å². The molecular formula is C9H19NOSi2. The summed E-state index contributed by atoms with van der Waals surface area (Å²) in [6.07, 6.45) is 7.56. The molecule has 0 aromatic heterocycles. The van der Waals surface area contributed by atoms with Gasteiger partial charge in [0.25, 0.3) is 9.41 Å². The van der Waals surface area contributed by atoms with Crippen LogP contribution in [-0.2, 0) is 4.46 Å². The van der Waals surface area contributed by atoms with Crippen molar-refractivity contribution in [1.29, 1.82) is 0 Å². The minimum atomic E-state index is -0.572. The molecule has 0 aliphatic rings. The topological polar surface area (TPSA) is 20.3 Å². The standard InChI is InChI=1S/C9H19NOSi2/c1-2-5-10(6-3-8-12)7-4-9-13-11/h1,13H,3-9H2,12H3. The molecule has 0 amide bonds. The van der Waals surface area contributed by atoms with Gasteiger partial charge in [-0.15, -0.1) is 6.42 Å². The van der Waals surface area contributed by atoms with E-state index in [4.69, 9.17) is 6.42 Å². The van der Waals surface area contributed by atoms with E-state index in [9.17, 15) is 4.46 Å². The van der Waals surface area contributed by atoms with Crippen LogP contribution in [0.15, 0.2) is 0 Å². The van der Waals surface area contributed by atoms with Gasteiger partial charge < -0.3 is 4.46 Å². The van der Waals surface area contributed by atoms with E-state index in [1.807, 2.05) is 0 Å². The molecule has 0 radical (unpaired) electrons. The summed E-state index contributed by atoms with van der Waals surface area (Å²) in [7, 11) is 0.708. The van der Waals surface area contributed by atoms with Crippen molar-refractivity contribution in [1.82, 2.24) is 4.90 Å². The van der Waals surface area contributed by atoms with Gasteiger partial charge in [0, 0.05) is 10.2 Å². The van der Waals surface area contributed by atoms with Crippen LogP contribution in [0, 0.1) is 12.3 Å². The Hall–Kier alpha value is -0.246. The Morgan fingerprint density at radius 3 is 2.62 bits per heavy atom. The third-order valence-electron chi connectivity index (χ3n) is 1.94. The summed E-state index contributed by atoms with van der Waals surface area (Å²) < 4.78 is 10.3. The highest BCUT2D eigenvalue weighted by molar-refractivity contribution is 6.16. The van der Waals surface area contributed by atoms with Gasteiger partial charge in [0.2, 0.25) is 0 Å². The molecule has 0 aromatic rings. The Morgan fingerprint density at radius 1 is 1.38 bits per heavy atom. The lowest BCUT2D eigenvalue weighted by molar-refractivity contribution is 0.308. The summed E-state index contributed by atoms with van der Waals surface area (Å²) >= 11 is 0. The molecule has 0 fully saturated rings. The predicted octanol–water partition coefficient (Wildman–Crippen LogP) is -0.314. The number of terminal acetylenes is 1. The zero-order valence-corrected chi connectivity index (χ0v) is 11.6. The quantitative estimate of drug-likeness (QED) is 0.313. The summed E-state index contributed by atoms with van der Waals surface area (Å²) in [4.78, 5) is 2.28. The lowest BCUT2D eigenvalue weighted by atomic mass is 10.3. The van der Waals surface area contributed by atoms with Crippen LogP contribution >= 0.6 is 0 Å². The molecule has 0 rings (SSSR count). The Labute approximate surface area is 86.4 Å². The second-order valence-electron chi connectivity index (χ2n) is 3.14. The first kappa shape index (κ1) is 12.8. The largest absolute Gasteiger partial charge is 0.392 e. The van der Waals surface area contributed by atoms with Crippen LogP contribution in [0.5, 0.6) is 0 Å². The molecule has 0 saturated heterocycles. The predicted molar refractivity (Wildman–Crippen MR) is 61.9 cm³/mol. The fraction of sp³-hybridized carbons (Fsp3) is 0.778. The maximum absolute atomic E-state index is 10.3. The molecule has 0 bridgehead atoms. The molecule has 0 aromatic carbocycles. The monoisotopic (exact) mass is 213 g/mol. The normalized spacial score (nSPS) is 10.2. The molecule has 0 aliphatic heterocycles. The molecule has 2 nitrogen and oxygen atoms in total. The molecule has 4 heteroatoms. The molecular weight excluding hydrogens is 194 g/mol. The molecule has 0 saturated carbocycles. The van der Waals surface area contributed by atoms with Gasteiger partial charge in [0.05, 0.1) is 6.54 Å². The van der Waals surface area contributed by atoms with Crippen LogP contribution in [0.3, 0.4) is 0 Å². The van der Waals surface area contributed by atoms with Crippen molar-refractivity contribution in [2.24, 2.45) is 0 Å². The van der Waals surface area contributed by atoms with Crippen LogP contribution < -0.4 is 0 Å². The summed E-state index contributed by atoms with van der Waals surface area (Å²) in [6.45, 7) is 2.87. The number of nitrogens with zero attached hydrogens (tertiary/aromatic N) is 1. The van der Waals surface area contributed by atoms with E-state index in [-0.39, 0.29) is 0 Å². The maximum atomic E-state index is 10.3. The van der Waals surface area contributed by atoms with Crippen molar-refractivity contribution in [3.05, 3.63) is 0 Å². The minimum Gasteiger partial charge on any atom is -0.392 e. The van der Waals surface area contributed by atoms with E-state index in [2.05, 4.69) is 10.8 Å². The number of hydrogen-bond donors (Lipinski definition) is 0. The third-order valence-corrected chi connectivity index (χ3v) is 3.29. The van der Waals surface area contributed by atoms with Gasteiger partial charge in [0.15, 0.2) is 0 Å². The highest BCUT2D eigenvalue weighted by Gasteiger charge is 2.01. The average Bonchev–Trinajstić information content (AvgIpc) is 2.14. The second-order valence-corrected chi connectivity index (χ2v) is 5.05. The first-order valence-corrected chi connectivity index (χ1v) is 7.64. The van der Waals surface area contributed by atoms with Gasteiger partial charge in [-0.1, -0.05) is 12.0 Å². The first-order valence-electron chi connectivity index (χ1n) is 4.94. The summed E-state index contributed by atoms with van der Waals surface area (Å²) in [5.41, 5.74) is 0. The van der Waals surface area contributed by atoms with Crippen LogP contribution in [-0.4, -0.2) is 44.2 Å². The van der Waals surface area contributed by atoms with Gasteiger partial charge in [0.1, 0.15) is 0 Å². The van der Waals surface area contributed by atoms with Gasteiger partial charge in [-0.2, -0.15) is 0 Å². The van der Waals surface area contributed by atoms with Gasteiger partial charge in [-0.25, -0.2) is 0 Å². The molecule has 13 heavy (non-hydrogen) atoms. The molecule has 0 atom stereocenters. The lowest BCUT2D eigenvalue weighted by Crippen LogP contribution is -2.26. The van der Waals surface area contributed by atoms with E-state index in [0.717, 1.165) is 32.1 Å². The van der Waals surface area contributed by atoms with Crippen molar-refractivity contribution >= 4 is 19.6 Å². The van der Waals surface area contributed by atoms with Crippen LogP contribution in [0.2, 0.25) is 12.1 Å². The summed E-state index contributed by atoms with van der Waals surface area (Å²) in [5, 5.41) is 0. The van der Waals surface area contributed by atoms with Crippen LogP contribution in [0.4, 0.5) is 0 Å². The van der Waals surface area contributed by atoms with Crippen LogP contribution in [0.25, 0.3) is 0 Å². The average molecular weight is 213 g/mol.